The van der Waals surface area contributed by atoms with Crippen LogP contribution in [0.5, 0.6) is 5.75 Å². The molecule has 1 aliphatic rings. The first-order valence-corrected chi connectivity index (χ1v) is 5.40. The smallest absolute Gasteiger partial charge is 0.317 e. The summed E-state index contributed by atoms with van der Waals surface area (Å²) in [6.07, 6.45) is 0.521. The van der Waals surface area contributed by atoms with Crippen molar-refractivity contribution < 1.29 is 19.0 Å². The van der Waals surface area contributed by atoms with Gasteiger partial charge < -0.3 is 9.84 Å². The van der Waals surface area contributed by atoms with Crippen molar-refractivity contribution in [2.45, 2.75) is 12.5 Å². The van der Waals surface area contributed by atoms with E-state index in [0.29, 0.717) is 18.7 Å². The number of fused-ring (bicyclic) bond motifs is 1. The molecule has 0 amide bonds. The van der Waals surface area contributed by atoms with E-state index in [9.17, 15) is 9.18 Å². The van der Waals surface area contributed by atoms with Gasteiger partial charge in [-0.3, -0.25) is 9.69 Å². The van der Waals surface area contributed by atoms with E-state index < -0.39 is 5.97 Å². The highest BCUT2D eigenvalue weighted by Crippen LogP contribution is 2.29. The Labute approximate surface area is 98.6 Å². The number of carbonyl (C=O) groups is 1. The van der Waals surface area contributed by atoms with E-state index in [1.165, 1.54) is 12.1 Å². The molecule has 5 heteroatoms. The van der Waals surface area contributed by atoms with Crippen LogP contribution < -0.4 is 4.74 Å². The molecule has 0 aliphatic carbocycles. The van der Waals surface area contributed by atoms with Crippen molar-refractivity contribution in [3.63, 3.8) is 0 Å². The lowest BCUT2D eigenvalue weighted by molar-refractivity contribution is -0.138. The van der Waals surface area contributed by atoms with E-state index in [0.717, 1.165) is 5.56 Å². The van der Waals surface area contributed by atoms with Crippen molar-refractivity contribution in [2.75, 3.05) is 20.1 Å². The monoisotopic (exact) mass is 239 g/mol. The van der Waals surface area contributed by atoms with Gasteiger partial charge in [-0.1, -0.05) is 0 Å². The van der Waals surface area contributed by atoms with Crippen LogP contribution in [0.4, 0.5) is 4.39 Å². The van der Waals surface area contributed by atoms with Crippen LogP contribution in [0.1, 0.15) is 5.56 Å². The van der Waals surface area contributed by atoms with Gasteiger partial charge in [0.2, 0.25) is 0 Å². The van der Waals surface area contributed by atoms with Gasteiger partial charge in [-0.2, -0.15) is 0 Å². The number of ether oxygens (including phenoxy) is 1. The number of halogens is 1. The Hall–Kier alpha value is -1.62. The minimum Gasteiger partial charge on any atom is -0.488 e. The van der Waals surface area contributed by atoms with Crippen LogP contribution in [0.2, 0.25) is 0 Å². The summed E-state index contributed by atoms with van der Waals surface area (Å²) in [6, 6.07) is 4.44. The molecule has 0 fully saturated rings. The van der Waals surface area contributed by atoms with Gasteiger partial charge in [0.05, 0.1) is 6.54 Å². The number of hydrogen-bond acceptors (Lipinski definition) is 3. The molecule has 0 saturated carbocycles. The highest BCUT2D eigenvalue weighted by Gasteiger charge is 2.24. The molecule has 4 nitrogen and oxygen atoms in total. The SMILES string of the molecule is CN(CC(=O)O)CC1Cc2cc(F)ccc2O1. The fraction of sp³-hybridized carbons (Fsp3) is 0.417. The van der Waals surface area contributed by atoms with Crippen LogP contribution in [0.25, 0.3) is 0 Å². The van der Waals surface area contributed by atoms with Crippen LogP contribution in [0.15, 0.2) is 18.2 Å². The van der Waals surface area contributed by atoms with E-state index in [1.807, 2.05) is 0 Å². The molecule has 92 valence electrons. The van der Waals surface area contributed by atoms with Gasteiger partial charge in [-0.25, -0.2) is 4.39 Å². The molecule has 1 heterocycles. The average Bonchev–Trinajstić information content (AvgIpc) is 2.57. The lowest BCUT2D eigenvalue weighted by atomic mass is 10.1. The fourth-order valence-electron chi connectivity index (χ4n) is 2.03. The maximum Gasteiger partial charge on any atom is 0.317 e. The van der Waals surface area contributed by atoms with E-state index in [1.54, 1.807) is 18.0 Å². The lowest BCUT2D eigenvalue weighted by Gasteiger charge is -2.18. The second kappa shape index (κ2) is 4.71. The largest absolute Gasteiger partial charge is 0.488 e. The number of likely N-dealkylation sites (N-methyl/N-ethyl adjacent to an activating group) is 1. The number of nitrogens with zero attached hydrogens (tertiary/aromatic N) is 1. The molecule has 0 aromatic heterocycles. The van der Waals surface area contributed by atoms with Crippen LogP contribution in [-0.2, 0) is 11.2 Å². The van der Waals surface area contributed by atoms with Gasteiger partial charge in [0.15, 0.2) is 0 Å². The molecule has 1 N–H and O–H groups in total. The van der Waals surface area contributed by atoms with E-state index in [-0.39, 0.29) is 18.5 Å². The van der Waals surface area contributed by atoms with Crippen molar-refractivity contribution in [3.8, 4) is 5.75 Å². The molecule has 0 radical (unpaired) electrons. The zero-order chi connectivity index (χ0) is 12.4. The summed E-state index contributed by atoms with van der Waals surface area (Å²) in [5, 5.41) is 8.64. The van der Waals surface area contributed by atoms with E-state index in [2.05, 4.69) is 0 Å². The third-order valence-corrected chi connectivity index (χ3v) is 2.68. The highest BCUT2D eigenvalue weighted by atomic mass is 19.1. The molecule has 0 spiro atoms. The topological polar surface area (TPSA) is 49.8 Å². The Morgan fingerprint density at radius 1 is 1.65 bits per heavy atom. The van der Waals surface area contributed by atoms with E-state index >= 15 is 0 Å². The quantitative estimate of drug-likeness (QED) is 0.856. The van der Waals surface area contributed by atoms with Gasteiger partial charge in [-0.05, 0) is 25.2 Å². The minimum absolute atomic E-state index is 0.0232. The highest BCUT2D eigenvalue weighted by molar-refractivity contribution is 5.69. The Morgan fingerprint density at radius 3 is 3.12 bits per heavy atom. The average molecular weight is 239 g/mol. The maximum absolute atomic E-state index is 13.0. The molecule has 0 saturated heterocycles. The third kappa shape index (κ3) is 2.94. The Bertz CT molecular complexity index is 436. The molecule has 1 aliphatic heterocycles. The van der Waals surface area contributed by atoms with Crippen molar-refractivity contribution in [1.29, 1.82) is 0 Å². The molecular weight excluding hydrogens is 225 g/mol. The standard InChI is InChI=1S/C12H14FNO3/c1-14(7-12(15)16)6-10-5-8-4-9(13)2-3-11(8)17-10/h2-4,10H,5-7H2,1H3,(H,15,16). The van der Waals surface area contributed by atoms with Gasteiger partial charge in [-0.15, -0.1) is 0 Å². The number of aliphatic carboxylic acids is 1. The predicted octanol–water partition coefficient (Wildman–Crippen LogP) is 1.15. The molecule has 1 unspecified atom stereocenters. The molecule has 1 aromatic carbocycles. The zero-order valence-electron chi connectivity index (χ0n) is 9.52. The number of carboxylic acids is 1. The van der Waals surface area contributed by atoms with Crippen LogP contribution in [0.3, 0.4) is 0 Å². The summed E-state index contributed by atoms with van der Waals surface area (Å²) in [4.78, 5) is 12.2. The molecule has 0 bridgehead atoms. The fourth-order valence-corrected chi connectivity index (χ4v) is 2.03. The van der Waals surface area contributed by atoms with Crippen molar-refractivity contribution in [3.05, 3.63) is 29.6 Å². The second-order valence-corrected chi connectivity index (χ2v) is 4.29. The predicted molar refractivity (Wildman–Crippen MR) is 59.7 cm³/mol. The summed E-state index contributed by atoms with van der Waals surface area (Å²) in [7, 11) is 1.72. The van der Waals surface area contributed by atoms with E-state index in [4.69, 9.17) is 9.84 Å². The summed E-state index contributed by atoms with van der Waals surface area (Å²) in [6.45, 7) is 0.493. The summed E-state index contributed by atoms with van der Waals surface area (Å²) in [5.74, 6) is -0.443. The Kier molecular flexibility index (Phi) is 3.28. The molecular formula is C12H14FNO3. The zero-order valence-corrected chi connectivity index (χ0v) is 9.52. The van der Waals surface area contributed by atoms with Crippen LogP contribution >= 0.6 is 0 Å². The first-order valence-electron chi connectivity index (χ1n) is 5.40. The van der Waals surface area contributed by atoms with Crippen molar-refractivity contribution >= 4 is 5.97 Å². The van der Waals surface area contributed by atoms with Gasteiger partial charge in [0.1, 0.15) is 17.7 Å². The number of rotatable bonds is 4. The van der Waals surface area contributed by atoms with Gasteiger partial charge in [0.25, 0.3) is 0 Å². The van der Waals surface area contributed by atoms with Crippen LogP contribution in [-0.4, -0.2) is 42.2 Å². The van der Waals surface area contributed by atoms with Gasteiger partial charge in [0, 0.05) is 18.5 Å². The summed E-state index contributed by atoms with van der Waals surface area (Å²) >= 11 is 0. The van der Waals surface area contributed by atoms with Crippen molar-refractivity contribution in [1.82, 2.24) is 4.90 Å². The minimum atomic E-state index is -0.867. The lowest BCUT2D eigenvalue weighted by Crippen LogP contribution is -2.35. The number of carboxylic acid groups (broad SMARTS) is 1. The first kappa shape index (κ1) is 11.9. The molecule has 2 rings (SSSR count). The number of hydrogen-bond donors (Lipinski definition) is 1. The molecule has 1 atom stereocenters. The van der Waals surface area contributed by atoms with Gasteiger partial charge >= 0.3 is 5.97 Å². The number of benzene rings is 1. The Balaban J connectivity index is 1.94. The first-order chi connectivity index (χ1) is 8.04. The summed E-state index contributed by atoms with van der Waals surface area (Å²) < 4.78 is 18.6. The summed E-state index contributed by atoms with van der Waals surface area (Å²) in [5.41, 5.74) is 0.846. The normalized spacial score (nSPS) is 17.9. The van der Waals surface area contributed by atoms with Crippen molar-refractivity contribution in [2.24, 2.45) is 0 Å². The molecule has 17 heavy (non-hydrogen) atoms. The molecule has 1 aromatic rings. The van der Waals surface area contributed by atoms with Crippen LogP contribution in [0, 0.1) is 5.82 Å². The second-order valence-electron chi connectivity index (χ2n) is 4.29. The maximum atomic E-state index is 13.0. The third-order valence-electron chi connectivity index (χ3n) is 2.68. The Morgan fingerprint density at radius 2 is 2.41 bits per heavy atom.